The van der Waals surface area contributed by atoms with E-state index in [1.807, 2.05) is 6.92 Å². The minimum atomic E-state index is -3.94. The predicted octanol–water partition coefficient (Wildman–Crippen LogP) is 0.657. The Hall–Kier alpha value is -2.23. The zero-order valence-corrected chi connectivity index (χ0v) is 14.1. The molecule has 1 aliphatic rings. The minimum absolute atomic E-state index is 0.162. The molecule has 0 saturated heterocycles. The van der Waals surface area contributed by atoms with Gasteiger partial charge in [0.1, 0.15) is 6.54 Å². The molecule has 23 heavy (non-hydrogen) atoms. The summed E-state index contributed by atoms with van der Waals surface area (Å²) < 4.78 is 33.7. The molecule has 1 N–H and O–H groups in total. The van der Waals surface area contributed by atoms with Crippen LogP contribution in [-0.4, -0.2) is 47.6 Å². The Morgan fingerprint density at radius 1 is 1.39 bits per heavy atom. The van der Waals surface area contributed by atoms with Gasteiger partial charge in [-0.15, -0.1) is 4.40 Å². The first-order chi connectivity index (χ1) is 10.8. The van der Waals surface area contributed by atoms with Gasteiger partial charge in [0, 0.05) is 12.7 Å². The van der Waals surface area contributed by atoms with Gasteiger partial charge in [-0.25, -0.2) is 4.31 Å². The van der Waals surface area contributed by atoms with E-state index < -0.39 is 16.1 Å². The zero-order chi connectivity index (χ0) is 17.0. The number of nitrogens with zero attached hydrogens (tertiary/aromatic N) is 4. The summed E-state index contributed by atoms with van der Waals surface area (Å²) in [4.78, 5) is 15.9. The van der Waals surface area contributed by atoms with Crippen molar-refractivity contribution in [2.75, 3.05) is 13.1 Å². The first-order valence-corrected chi connectivity index (χ1v) is 8.61. The molecule has 9 nitrogen and oxygen atoms in total. The topological polar surface area (TPSA) is 118 Å². The molecule has 0 fully saturated rings. The van der Waals surface area contributed by atoms with Gasteiger partial charge in [0.25, 0.3) is 5.89 Å². The van der Waals surface area contributed by atoms with Crippen molar-refractivity contribution in [3.05, 3.63) is 17.9 Å². The minimum Gasteiger partial charge on any atom is -0.355 e. The lowest BCUT2D eigenvalue weighted by molar-refractivity contribution is -0.120. The quantitative estimate of drug-likeness (QED) is 0.759. The Bertz CT molecular complexity index is 750. The molecule has 0 bridgehead atoms. The third-order valence-corrected chi connectivity index (χ3v) is 4.45. The average molecular weight is 341 g/mol. The Kier molecular flexibility index (Phi) is 5.14. The number of allylic oxidation sites excluding steroid dienone is 1. The first kappa shape index (κ1) is 17.1. The molecule has 0 spiro atoms. The van der Waals surface area contributed by atoms with Crippen LogP contribution in [0.15, 0.2) is 15.1 Å². The van der Waals surface area contributed by atoms with Crippen LogP contribution in [0.4, 0.5) is 0 Å². The number of aromatic nitrogens is 2. The first-order valence-electron chi connectivity index (χ1n) is 7.21. The van der Waals surface area contributed by atoms with E-state index in [0.717, 1.165) is 17.1 Å². The number of carbonyl (C=O) groups excluding carboxylic acids is 1. The molecule has 10 heteroatoms. The molecule has 0 radical (unpaired) electrons. The molecule has 1 amide bonds. The Balaban J connectivity index is 2.20. The molecule has 2 heterocycles. The van der Waals surface area contributed by atoms with Crippen molar-refractivity contribution < 1.29 is 17.7 Å². The van der Waals surface area contributed by atoms with Crippen molar-refractivity contribution in [2.24, 2.45) is 4.40 Å². The molecule has 1 aromatic rings. The molecule has 126 valence electrons. The van der Waals surface area contributed by atoms with Gasteiger partial charge in [-0.3, -0.25) is 4.79 Å². The summed E-state index contributed by atoms with van der Waals surface area (Å²) in [6.07, 6.45) is 3.06. The summed E-state index contributed by atoms with van der Waals surface area (Å²) in [5, 5.41) is 6.33. The van der Waals surface area contributed by atoms with Crippen molar-refractivity contribution in [1.82, 2.24) is 19.8 Å². The predicted molar refractivity (Wildman–Crippen MR) is 83.7 cm³/mol. The summed E-state index contributed by atoms with van der Waals surface area (Å²) in [6, 6.07) is 0. The number of nitrogens with one attached hydrogen (secondary N) is 1. The molecule has 0 atom stereocenters. The number of carbonyl (C=O) groups is 1. The van der Waals surface area contributed by atoms with Gasteiger partial charge in [0.15, 0.2) is 5.82 Å². The molecule has 1 aromatic heterocycles. The van der Waals surface area contributed by atoms with Gasteiger partial charge in [0.05, 0.1) is 11.3 Å². The normalized spacial score (nSPS) is 16.7. The second kappa shape index (κ2) is 6.90. The Morgan fingerprint density at radius 2 is 2.13 bits per heavy atom. The van der Waals surface area contributed by atoms with Gasteiger partial charge in [-0.2, -0.15) is 13.4 Å². The number of amides is 1. The third-order valence-electron chi connectivity index (χ3n) is 3.12. The third kappa shape index (κ3) is 4.15. The van der Waals surface area contributed by atoms with E-state index in [0.29, 0.717) is 17.9 Å². The van der Waals surface area contributed by atoms with Crippen LogP contribution in [-0.2, 0) is 15.0 Å². The molecule has 0 aromatic carbocycles. The van der Waals surface area contributed by atoms with Gasteiger partial charge >= 0.3 is 10.2 Å². The summed E-state index contributed by atoms with van der Waals surface area (Å²) in [5.74, 6) is 0.190. The lowest BCUT2D eigenvalue weighted by Gasteiger charge is -2.22. The van der Waals surface area contributed by atoms with Crippen LogP contribution in [0.2, 0.25) is 0 Å². The molecule has 0 unspecified atom stereocenters. The van der Waals surface area contributed by atoms with E-state index in [-0.39, 0.29) is 18.1 Å². The Morgan fingerprint density at radius 3 is 2.74 bits per heavy atom. The van der Waals surface area contributed by atoms with Crippen molar-refractivity contribution in [2.45, 2.75) is 33.6 Å². The maximum Gasteiger partial charge on any atom is 0.344 e. The largest absolute Gasteiger partial charge is 0.355 e. The zero-order valence-electron chi connectivity index (χ0n) is 13.2. The highest BCUT2D eigenvalue weighted by molar-refractivity contribution is 7.88. The highest BCUT2D eigenvalue weighted by Gasteiger charge is 2.29. The van der Waals surface area contributed by atoms with Crippen LogP contribution in [0.3, 0.4) is 0 Å². The summed E-state index contributed by atoms with van der Waals surface area (Å²) >= 11 is 0. The smallest absolute Gasteiger partial charge is 0.344 e. The molecule has 1 aliphatic heterocycles. The van der Waals surface area contributed by atoms with E-state index in [1.165, 1.54) is 13.1 Å². The van der Waals surface area contributed by atoms with Gasteiger partial charge in [-0.05, 0) is 20.3 Å². The fourth-order valence-corrected chi connectivity index (χ4v) is 2.99. The highest BCUT2D eigenvalue weighted by Crippen LogP contribution is 2.23. The van der Waals surface area contributed by atoms with Crippen LogP contribution in [0, 0.1) is 6.92 Å². The van der Waals surface area contributed by atoms with Crippen LogP contribution in [0.25, 0.3) is 5.57 Å². The fraction of sp³-hybridized carbons (Fsp3) is 0.538. The van der Waals surface area contributed by atoms with Crippen molar-refractivity contribution in [1.29, 1.82) is 0 Å². The lowest BCUT2D eigenvalue weighted by atomic mass is 10.2. The Labute approximate surface area is 134 Å². The van der Waals surface area contributed by atoms with Crippen molar-refractivity contribution in [3.63, 3.8) is 0 Å². The lowest BCUT2D eigenvalue weighted by Crippen LogP contribution is -2.39. The summed E-state index contributed by atoms with van der Waals surface area (Å²) in [5.41, 5.74) is 0.609. The van der Waals surface area contributed by atoms with Crippen LogP contribution < -0.4 is 5.32 Å². The number of aryl methyl sites for hydroxylation is 1. The summed E-state index contributed by atoms with van der Waals surface area (Å²) in [6.45, 7) is 5.34. The number of unbranched alkanes of at least 4 members (excludes halogenated alkanes) is 1. The highest BCUT2D eigenvalue weighted by atomic mass is 32.2. The molecule has 2 rings (SSSR count). The van der Waals surface area contributed by atoms with Crippen LogP contribution >= 0.6 is 0 Å². The number of rotatable bonds is 6. The van der Waals surface area contributed by atoms with Crippen LogP contribution in [0.5, 0.6) is 0 Å². The van der Waals surface area contributed by atoms with Crippen molar-refractivity contribution in [3.8, 4) is 0 Å². The maximum absolute atomic E-state index is 12.1. The van der Waals surface area contributed by atoms with Gasteiger partial charge < -0.3 is 9.84 Å². The molecule has 0 saturated carbocycles. The fourth-order valence-electron chi connectivity index (χ4n) is 1.92. The van der Waals surface area contributed by atoms with E-state index in [9.17, 15) is 13.2 Å². The molecule has 0 aliphatic carbocycles. The molecular weight excluding hydrogens is 322 g/mol. The van der Waals surface area contributed by atoms with Crippen LogP contribution in [0.1, 0.15) is 38.4 Å². The van der Waals surface area contributed by atoms with Gasteiger partial charge in [-0.1, -0.05) is 18.5 Å². The van der Waals surface area contributed by atoms with E-state index in [4.69, 9.17) is 4.52 Å². The standard InChI is InChI=1S/C13H19N5O4S/c1-4-5-6-14-12(19)8-18-7-11(9(2)17-23(18,20)21)13-15-10(3)16-22-13/h7H,4-6,8H2,1-3H3,(H,14,19). The average Bonchev–Trinajstić information content (AvgIpc) is 2.88. The van der Waals surface area contributed by atoms with E-state index in [1.54, 1.807) is 6.92 Å². The summed E-state index contributed by atoms with van der Waals surface area (Å²) in [7, 11) is -3.94. The van der Waals surface area contributed by atoms with E-state index >= 15 is 0 Å². The number of hydrogen-bond acceptors (Lipinski definition) is 6. The monoisotopic (exact) mass is 341 g/mol. The maximum atomic E-state index is 12.1. The SMILES string of the molecule is CCCCNC(=O)CN1C=C(c2nc(C)no2)C(C)=NS1(=O)=O. The second-order valence-corrected chi connectivity index (χ2v) is 6.64. The molecular formula is C13H19N5O4S. The van der Waals surface area contributed by atoms with Crippen molar-refractivity contribution >= 4 is 27.4 Å². The number of hydrogen-bond donors (Lipinski definition) is 1. The second-order valence-electron chi connectivity index (χ2n) is 5.09. The van der Waals surface area contributed by atoms with E-state index in [2.05, 4.69) is 19.9 Å². The van der Waals surface area contributed by atoms with Gasteiger partial charge in [0.2, 0.25) is 5.91 Å².